The highest BCUT2D eigenvalue weighted by molar-refractivity contribution is 5.08. The molecule has 0 saturated heterocycles. The quantitative estimate of drug-likeness (QED) is 0.739. The summed E-state index contributed by atoms with van der Waals surface area (Å²) in [5.74, 6) is 0.536. The summed E-state index contributed by atoms with van der Waals surface area (Å²) in [5, 5.41) is 4.31. The summed E-state index contributed by atoms with van der Waals surface area (Å²) >= 11 is 0. The van der Waals surface area contributed by atoms with Crippen LogP contribution < -0.4 is 0 Å². The maximum absolute atomic E-state index is 5.35. The number of hydrogen-bond acceptors (Lipinski definition) is 2. The first-order chi connectivity index (χ1) is 6.44. The summed E-state index contributed by atoms with van der Waals surface area (Å²) in [4.78, 5) is 0. The molecule has 0 aliphatic heterocycles. The Morgan fingerprint density at radius 3 is 2.57 bits per heavy atom. The Morgan fingerprint density at radius 1 is 1.50 bits per heavy atom. The van der Waals surface area contributed by atoms with Crippen LogP contribution in [0.15, 0.2) is 12.4 Å². The minimum atomic E-state index is -0.153. The van der Waals surface area contributed by atoms with Crippen LogP contribution in [0.25, 0.3) is 0 Å². The molecule has 0 aliphatic carbocycles. The van der Waals surface area contributed by atoms with Crippen molar-refractivity contribution in [3.05, 3.63) is 18.0 Å². The average molecular weight is 196 g/mol. The van der Waals surface area contributed by atoms with Crippen molar-refractivity contribution < 1.29 is 4.74 Å². The van der Waals surface area contributed by atoms with E-state index >= 15 is 0 Å². The molecular formula is C11H20N2O. The molecule has 14 heavy (non-hydrogen) atoms. The van der Waals surface area contributed by atoms with Gasteiger partial charge in [0.15, 0.2) is 0 Å². The lowest BCUT2D eigenvalue weighted by Gasteiger charge is -2.22. The van der Waals surface area contributed by atoms with Gasteiger partial charge in [-0.15, -0.1) is 0 Å². The van der Waals surface area contributed by atoms with Gasteiger partial charge >= 0.3 is 0 Å². The minimum absolute atomic E-state index is 0.153. The molecule has 1 rings (SSSR count). The van der Waals surface area contributed by atoms with Gasteiger partial charge in [-0.05, 0) is 25.3 Å². The van der Waals surface area contributed by atoms with E-state index in [-0.39, 0.29) is 5.60 Å². The number of nitrogens with zero attached hydrogens (tertiary/aromatic N) is 2. The van der Waals surface area contributed by atoms with Gasteiger partial charge in [0.2, 0.25) is 0 Å². The molecule has 1 aromatic heterocycles. The van der Waals surface area contributed by atoms with E-state index in [1.807, 2.05) is 10.9 Å². The van der Waals surface area contributed by atoms with Crippen molar-refractivity contribution in [2.75, 3.05) is 7.11 Å². The highest BCUT2D eigenvalue weighted by atomic mass is 16.5. The second kappa shape index (κ2) is 4.13. The van der Waals surface area contributed by atoms with Crippen LogP contribution in [-0.4, -0.2) is 22.5 Å². The van der Waals surface area contributed by atoms with E-state index in [1.165, 1.54) is 5.56 Å². The van der Waals surface area contributed by atoms with Gasteiger partial charge in [0, 0.05) is 13.3 Å². The maximum atomic E-state index is 5.35. The van der Waals surface area contributed by atoms with E-state index in [1.54, 1.807) is 7.11 Å². The smallest absolute Gasteiger partial charge is 0.0817 e. The van der Waals surface area contributed by atoms with Crippen LogP contribution in [0, 0.1) is 0 Å². The Kier molecular flexibility index (Phi) is 3.32. The summed E-state index contributed by atoms with van der Waals surface area (Å²) in [6, 6.07) is 0. The van der Waals surface area contributed by atoms with Crippen LogP contribution in [0.5, 0.6) is 0 Å². The van der Waals surface area contributed by atoms with E-state index in [9.17, 15) is 0 Å². The minimum Gasteiger partial charge on any atom is -0.377 e. The molecule has 0 aromatic carbocycles. The molecule has 0 bridgehead atoms. The summed E-state index contributed by atoms with van der Waals surface area (Å²) in [6.07, 6.45) is 4.02. The highest BCUT2D eigenvalue weighted by Crippen LogP contribution is 2.15. The van der Waals surface area contributed by atoms with Gasteiger partial charge in [0.05, 0.1) is 18.3 Å². The van der Waals surface area contributed by atoms with Gasteiger partial charge in [-0.2, -0.15) is 5.10 Å². The predicted molar refractivity (Wildman–Crippen MR) is 57.4 cm³/mol. The number of ether oxygens (including phenoxy) is 1. The van der Waals surface area contributed by atoms with Crippen molar-refractivity contribution in [3.63, 3.8) is 0 Å². The molecule has 80 valence electrons. The molecule has 0 fully saturated rings. The number of hydrogen-bond donors (Lipinski definition) is 0. The van der Waals surface area contributed by atoms with E-state index in [0.29, 0.717) is 5.92 Å². The lowest BCUT2D eigenvalue weighted by atomic mass is 10.1. The zero-order valence-electron chi connectivity index (χ0n) is 9.74. The Balaban J connectivity index is 2.69. The van der Waals surface area contributed by atoms with Crippen LogP contribution in [-0.2, 0) is 11.3 Å². The largest absolute Gasteiger partial charge is 0.377 e. The second-order valence-electron chi connectivity index (χ2n) is 4.59. The molecule has 3 nitrogen and oxygen atoms in total. The molecule has 1 heterocycles. The average Bonchev–Trinajstić information content (AvgIpc) is 2.52. The first-order valence-electron chi connectivity index (χ1n) is 5.02. The Labute approximate surface area is 86.1 Å². The topological polar surface area (TPSA) is 27.1 Å². The highest BCUT2D eigenvalue weighted by Gasteiger charge is 2.17. The van der Waals surface area contributed by atoms with Gasteiger partial charge in [-0.1, -0.05) is 13.8 Å². The third-order valence-corrected chi connectivity index (χ3v) is 2.42. The van der Waals surface area contributed by atoms with Crippen molar-refractivity contribution in [2.24, 2.45) is 0 Å². The van der Waals surface area contributed by atoms with Crippen LogP contribution in [0.3, 0.4) is 0 Å². The first-order valence-corrected chi connectivity index (χ1v) is 5.02. The molecule has 0 unspecified atom stereocenters. The molecule has 0 N–H and O–H groups in total. The lowest BCUT2D eigenvalue weighted by molar-refractivity contribution is 0.00540. The molecule has 0 spiro atoms. The molecule has 0 saturated carbocycles. The van der Waals surface area contributed by atoms with Gasteiger partial charge in [0.25, 0.3) is 0 Å². The molecule has 0 aliphatic rings. The van der Waals surface area contributed by atoms with Gasteiger partial charge in [0.1, 0.15) is 0 Å². The number of methoxy groups -OCH3 is 1. The summed E-state index contributed by atoms with van der Waals surface area (Å²) in [5.41, 5.74) is 1.12. The molecule has 0 amide bonds. The third-order valence-electron chi connectivity index (χ3n) is 2.42. The normalized spacial score (nSPS) is 12.4. The van der Waals surface area contributed by atoms with Crippen LogP contribution in [0.2, 0.25) is 0 Å². The Hall–Kier alpha value is -0.830. The summed E-state index contributed by atoms with van der Waals surface area (Å²) in [7, 11) is 1.73. The van der Waals surface area contributed by atoms with Gasteiger partial charge in [-0.3, -0.25) is 4.68 Å². The van der Waals surface area contributed by atoms with Crippen LogP contribution in [0.4, 0.5) is 0 Å². The fourth-order valence-electron chi connectivity index (χ4n) is 1.22. The molecule has 1 aromatic rings. The van der Waals surface area contributed by atoms with Crippen LogP contribution >= 0.6 is 0 Å². The Bertz CT molecular complexity index is 289. The first kappa shape index (κ1) is 11.2. The SMILES string of the molecule is COC(C)(C)Cn1cc(C(C)C)cn1. The zero-order valence-corrected chi connectivity index (χ0v) is 9.74. The van der Waals surface area contributed by atoms with Crippen molar-refractivity contribution in [2.45, 2.75) is 45.8 Å². The number of rotatable bonds is 4. The summed E-state index contributed by atoms with van der Waals surface area (Å²) in [6.45, 7) is 9.25. The molecular weight excluding hydrogens is 176 g/mol. The maximum Gasteiger partial charge on any atom is 0.0817 e. The molecule has 0 atom stereocenters. The lowest BCUT2D eigenvalue weighted by Crippen LogP contribution is -2.29. The third kappa shape index (κ3) is 2.84. The van der Waals surface area contributed by atoms with Crippen molar-refractivity contribution in [1.29, 1.82) is 0 Å². The monoisotopic (exact) mass is 196 g/mol. The molecule has 3 heteroatoms. The van der Waals surface area contributed by atoms with Crippen LogP contribution in [0.1, 0.15) is 39.2 Å². The second-order valence-corrected chi connectivity index (χ2v) is 4.59. The summed E-state index contributed by atoms with van der Waals surface area (Å²) < 4.78 is 7.29. The van der Waals surface area contributed by atoms with E-state index < -0.39 is 0 Å². The van der Waals surface area contributed by atoms with Crippen molar-refractivity contribution in [3.8, 4) is 0 Å². The standard InChI is InChI=1S/C11H20N2O/c1-9(2)10-6-12-13(7-10)8-11(3,4)14-5/h6-7,9H,8H2,1-5H3. The van der Waals surface area contributed by atoms with Gasteiger partial charge in [-0.25, -0.2) is 0 Å². The van der Waals surface area contributed by atoms with Crippen molar-refractivity contribution >= 4 is 0 Å². The van der Waals surface area contributed by atoms with E-state index in [4.69, 9.17) is 4.74 Å². The predicted octanol–water partition coefficient (Wildman–Crippen LogP) is 2.43. The number of aromatic nitrogens is 2. The fourth-order valence-corrected chi connectivity index (χ4v) is 1.22. The zero-order chi connectivity index (χ0) is 10.8. The Morgan fingerprint density at radius 2 is 2.14 bits per heavy atom. The molecule has 0 radical (unpaired) electrons. The van der Waals surface area contributed by atoms with E-state index in [2.05, 4.69) is 39.0 Å². The van der Waals surface area contributed by atoms with Gasteiger partial charge < -0.3 is 4.74 Å². The fraction of sp³-hybridized carbons (Fsp3) is 0.727. The van der Waals surface area contributed by atoms with Crippen molar-refractivity contribution in [1.82, 2.24) is 9.78 Å². The van der Waals surface area contributed by atoms with E-state index in [0.717, 1.165) is 6.54 Å².